The number of para-hydroxylation sites is 1. The molecule has 1 N–H and O–H groups in total. The van der Waals surface area contributed by atoms with Gasteiger partial charge in [-0.15, -0.1) is 0 Å². The molecule has 4 aromatic rings. The summed E-state index contributed by atoms with van der Waals surface area (Å²) in [6, 6.07) is 33.2. The molecule has 0 spiro atoms. The van der Waals surface area contributed by atoms with Crippen molar-refractivity contribution in [3.63, 3.8) is 0 Å². The molecule has 0 radical (unpaired) electrons. The van der Waals surface area contributed by atoms with Gasteiger partial charge in [0, 0.05) is 16.8 Å². The molecule has 2 heteroatoms. The van der Waals surface area contributed by atoms with Gasteiger partial charge in [-0.1, -0.05) is 78.9 Å². The Balaban J connectivity index is 1.76. The average molecular weight is 339 g/mol. The van der Waals surface area contributed by atoms with Crippen molar-refractivity contribution in [2.75, 3.05) is 5.32 Å². The van der Waals surface area contributed by atoms with Crippen LogP contribution >= 0.6 is 0 Å². The summed E-state index contributed by atoms with van der Waals surface area (Å²) in [4.78, 5) is 0. The van der Waals surface area contributed by atoms with E-state index in [2.05, 4.69) is 59.9 Å². The van der Waals surface area contributed by atoms with E-state index in [0.29, 0.717) is 0 Å². The third-order valence-electron chi connectivity index (χ3n) is 4.54. The Bertz CT molecular complexity index is 959. The number of rotatable bonds is 5. The lowest BCUT2D eigenvalue weighted by Gasteiger charge is -2.20. The van der Waals surface area contributed by atoms with Crippen LogP contribution in [0, 0.1) is 6.92 Å². The van der Waals surface area contributed by atoms with E-state index in [9.17, 15) is 0 Å². The predicted molar refractivity (Wildman–Crippen MR) is 107 cm³/mol. The quantitative estimate of drug-likeness (QED) is 0.451. The molecule has 0 saturated carbocycles. The van der Waals surface area contributed by atoms with Crippen LogP contribution in [0.2, 0.25) is 0 Å². The predicted octanol–water partition coefficient (Wildman–Crippen LogP) is 6.46. The van der Waals surface area contributed by atoms with Crippen molar-refractivity contribution in [1.82, 2.24) is 0 Å². The molecule has 0 fully saturated rings. The normalized spacial score (nSPS) is 11.9. The van der Waals surface area contributed by atoms with Crippen LogP contribution in [0.4, 0.5) is 5.69 Å². The minimum atomic E-state index is 0.0276. The summed E-state index contributed by atoms with van der Waals surface area (Å²) in [6.07, 6.45) is 0. The van der Waals surface area contributed by atoms with Crippen LogP contribution < -0.4 is 5.32 Å². The van der Waals surface area contributed by atoms with Crippen molar-refractivity contribution in [2.45, 2.75) is 13.0 Å². The molecule has 1 heterocycles. The summed E-state index contributed by atoms with van der Waals surface area (Å²) in [5.74, 6) is 1.83. The molecule has 1 atom stereocenters. The standard InChI is InChI=1S/C24H21NO/c1-18-22(17-23(26-18)19-11-5-2-6-12-19)24(20-13-7-3-8-14-20)25-21-15-9-4-10-16-21/h2-17,24-25H,1H3. The molecule has 128 valence electrons. The Morgan fingerprint density at radius 3 is 1.96 bits per heavy atom. The second-order valence-corrected chi connectivity index (χ2v) is 6.34. The Kier molecular flexibility index (Phi) is 4.57. The molecule has 3 aromatic carbocycles. The molecule has 0 amide bonds. The van der Waals surface area contributed by atoms with Crippen molar-refractivity contribution < 1.29 is 4.42 Å². The first kappa shape index (κ1) is 16.2. The van der Waals surface area contributed by atoms with Crippen LogP contribution in [0.25, 0.3) is 11.3 Å². The van der Waals surface area contributed by atoms with Crippen LogP contribution in [0.15, 0.2) is 101 Å². The van der Waals surface area contributed by atoms with Gasteiger partial charge in [0.15, 0.2) is 0 Å². The van der Waals surface area contributed by atoms with E-state index in [1.807, 2.05) is 49.4 Å². The van der Waals surface area contributed by atoms with Gasteiger partial charge in [0.2, 0.25) is 0 Å². The zero-order valence-corrected chi connectivity index (χ0v) is 14.7. The van der Waals surface area contributed by atoms with E-state index in [0.717, 1.165) is 28.3 Å². The second-order valence-electron chi connectivity index (χ2n) is 6.34. The Morgan fingerprint density at radius 1 is 0.731 bits per heavy atom. The van der Waals surface area contributed by atoms with E-state index >= 15 is 0 Å². The maximum absolute atomic E-state index is 6.10. The third-order valence-corrected chi connectivity index (χ3v) is 4.54. The summed E-state index contributed by atoms with van der Waals surface area (Å²) >= 11 is 0. The molecule has 26 heavy (non-hydrogen) atoms. The maximum atomic E-state index is 6.10. The van der Waals surface area contributed by atoms with E-state index in [1.54, 1.807) is 0 Å². The number of furan rings is 1. The molecule has 1 aromatic heterocycles. The minimum Gasteiger partial charge on any atom is -0.461 e. The van der Waals surface area contributed by atoms with Gasteiger partial charge in [-0.25, -0.2) is 0 Å². The van der Waals surface area contributed by atoms with Gasteiger partial charge < -0.3 is 9.73 Å². The molecule has 2 nitrogen and oxygen atoms in total. The van der Waals surface area contributed by atoms with Gasteiger partial charge in [-0.3, -0.25) is 0 Å². The Morgan fingerprint density at radius 2 is 1.31 bits per heavy atom. The van der Waals surface area contributed by atoms with Crippen molar-refractivity contribution in [3.8, 4) is 11.3 Å². The van der Waals surface area contributed by atoms with Crippen LogP contribution in [0.3, 0.4) is 0 Å². The second kappa shape index (κ2) is 7.32. The van der Waals surface area contributed by atoms with Crippen molar-refractivity contribution in [3.05, 3.63) is 114 Å². The zero-order valence-electron chi connectivity index (χ0n) is 14.7. The van der Waals surface area contributed by atoms with Crippen molar-refractivity contribution >= 4 is 5.69 Å². The summed E-state index contributed by atoms with van der Waals surface area (Å²) in [6.45, 7) is 2.03. The monoisotopic (exact) mass is 339 g/mol. The highest BCUT2D eigenvalue weighted by atomic mass is 16.3. The average Bonchev–Trinajstić information content (AvgIpc) is 3.10. The summed E-state index contributed by atoms with van der Waals surface area (Å²) in [7, 11) is 0. The van der Waals surface area contributed by atoms with E-state index in [-0.39, 0.29) is 6.04 Å². The van der Waals surface area contributed by atoms with Crippen LogP contribution in [-0.4, -0.2) is 0 Å². The number of nitrogens with one attached hydrogen (secondary N) is 1. The van der Waals surface area contributed by atoms with Crippen LogP contribution in [-0.2, 0) is 0 Å². The van der Waals surface area contributed by atoms with Gasteiger partial charge in [-0.2, -0.15) is 0 Å². The fourth-order valence-electron chi connectivity index (χ4n) is 3.21. The van der Waals surface area contributed by atoms with Crippen LogP contribution in [0.5, 0.6) is 0 Å². The van der Waals surface area contributed by atoms with Gasteiger partial charge in [0.05, 0.1) is 6.04 Å². The van der Waals surface area contributed by atoms with E-state index in [4.69, 9.17) is 4.42 Å². The highest BCUT2D eigenvalue weighted by Gasteiger charge is 2.20. The molecule has 0 aliphatic rings. The molecule has 0 aliphatic heterocycles. The number of anilines is 1. The molecule has 1 unspecified atom stereocenters. The molecule has 4 rings (SSSR count). The fraction of sp³-hybridized carbons (Fsp3) is 0.0833. The number of benzene rings is 3. The van der Waals surface area contributed by atoms with Gasteiger partial charge in [0.1, 0.15) is 11.5 Å². The van der Waals surface area contributed by atoms with Gasteiger partial charge >= 0.3 is 0 Å². The molecular weight excluding hydrogens is 318 g/mol. The smallest absolute Gasteiger partial charge is 0.134 e. The first-order valence-corrected chi connectivity index (χ1v) is 8.83. The molecule has 0 saturated heterocycles. The van der Waals surface area contributed by atoms with E-state index < -0.39 is 0 Å². The van der Waals surface area contributed by atoms with Crippen molar-refractivity contribution in [1.29, 1.82) is 0 Å². The molecule has 0 aliphatic carbocycles. The SMILES string of the molecule is Cc1oc(-c2ccccc2)cc1C(Nc1ccccc1)c1ccccc1. The molecule has 0 bridgehead atoms. The summed E-state index contributed by atoms with van der Waals surface area (Å²) in [5.41, 5.74) is 4.54. The van der Waals surface area contributed by atoms with E-state index in [1.165, 1.54) is 5.56 Å². The number of aryl methyl sites for hydroxylation is 1. The molecular formula is C24H21NO. The topological polar surface area (TPSA) is 25.2 Å². The highest BCUT2D eigenvalue weighted by Crippen LogP contribution is 2.34. The number of hydrogen-bond donors (Lipinski definition) is 1. The third kappa shape index (κ3) is 3.40. The van der Waals surface area contributed by atoms with Gasteiger partial charge in [-0.05, 0) is 30.7 Å². The first-order chi connectivity index (χ1) is 12.8. The maximum Gasteiger partial charge on any atom is 0.134 e. The lowest BCUT2D eigenvalue weighted by atomic mass is 9.98. The fourth-order valence-corrected chi connectivity index (χ4v) is 3.21. The summed E-state index contributed by atoms with van der Waals surface area (Å²) in [5, 5.41) is 3.66. The lowest BCUT2D eigenvalue weighted by molar-refractivity contribution is 0.542. The highest BCUT2D eigenvalue weighted by molar-refractivity contribution is 5.60. The number of hydrogen-bond acceptors (Lipinski definition) is 2. The Labute approximate surface area is 154 Å². The zero-order chi connectivity index (χ0) is 17.8. The summed E-state index contributed by atoms with van der Waals surface area (Å²) < 4.78 is 6.10. The van der Waals surface area contributed by atoms with Gasteiger partial charge in [0.25, 0.3) is 0 Å². The first-order valence-electron chi connectivity index (χ1n) is 8.83. The minimum absolute atomic E-state index is 0.0276. The lowest BCUT2D eigenvalue weighted by Crippen LogP contribution is -2.12. The van der Waals surface area contributed by atoms with Crippen LogP contribution in [0.1, 0.15) is 22.9 Å². The largest absolute Gasteiger partial charge is 0.461 e. The Hall–Kier alpha value is -3.26. The van der Waals surface area contributed by atoms with Crippen molar-refractivity contribution in [2.24, 2.45) is 0 Å².